The third-order valence-corrected chi connectivity index (χ3v) is 1.99. The minimum Gasteiger partial charge on any atom is -0.464 e. The van der Waals surface area contributed by atoms with Crippen LogP contribution in [0.5, 0.6) is 0 Å². The summed E-state index contributed by atoms with van der Waals surface area (Å²) < 4.78 is 17.9. The molecule has 1 heterocycles. The predicted molar refractivity (Wildman–Crippen MR) is 57.8 cm³/mol. The van der Waals surface area contributed by atoms with Gasteiger partial charge in [0.15, 0.2) is 0 Å². The van der Waals surface area contributed by atoms with Crippen molar-refractivity contribution in [3.8, 4) is 0 Å². The Morgan fingerprint density at radius 3 is 2.88 bits per heavy atom. The monoisotopic (exact) mass is 240 g/mol. The Morgan fingerprint density at radius 2 is 2.29 bits per heavy atom. The van der Waals surface area contributed by atoms with Crippen LogP contribution < -0.4 is 5.32 Å². The van der Waals surface area contributed by atoms with E-state index in [2.05, 4.69) is 10.3 Å². The lowest BCUT2D eigenvalue weighted by Crippen LogP contribution is -2.39. The van der Waals surface area contributed by atoms with Gasteiger partial charge in [-0.05, 0) is 26.0 Å². The van der Waals surface area contributed by atoms with E-state index in [1.807, 2.05) is 0 Å². The highest BCUT2D eigenvalue weighted by Gasteiger charge is 2.19. The molecule has 5 nitrogen and oxygen atoms in total. The predicted octanol–water partition coefficient (Wildman–Crippen LogP) is 0.902. The number of aromatic nitrogens is 1. The lowest BCUT2D eigenvalue weighted by atomic mass is 10.2. The quantitative estimate of drug-likeness (QED) is 0.627. The zero-order chi connectivity index (χ0) is 12.8. The van der Waals surface area contributed by atoms with Gasteiger partial charge in [0, 0.05) is 6.20 Å². The lowest BCUT2D eigenvalue weighted by molar-refractivity contribution is -0.144. The number of hydrogen-bond donors (Lipinski definition) is 1. The van der Waals surface area contributed by atoms with Crippen LogP contribution in [0.4, 0.5) is 4.39 Å². The molecule has 17 heavy (non-hydrogen) atoms. The summed E-state index contributed by atoms with van der Waals surface area (Å²) in [4.78, 5) is 26.2. The van der Waals surface area contributed by atoms with Crippen LogP contribution in [-0.2, 0) is 9.53 Å². The maximum Gasteiger partial charge on any atom is 0.328 e. The maximum absolute atomic E-state index is 13.2. The van der Waals surface area contributed by atoms with Crippen molar-refractivity contribution < 1.29 is 18.7 Å². The molecule has 0 aliphatic rings. The van der Waals surface area contributed by atoms with Gasteiger partial charge in [-0.1, -0.05) is 0 Å². The molecule has 0 radical (unpaired) electrons. The second kappa shape index (κ2) is 5.93. The molecule has 0 aliphatic carbocycles. The second-order valence-electron chi connectivity index (χ2n) is 3.29. The molecule has 6 heteroatoms. The van der Waals surface area contributed by atoms with E-state index >= 15 is 0 Å². The average Bonchev–Trinajstić information content (AvgIpc) is 2.29. The van der Waals surface area contributed by atoms with Gasteiger partial charge in [-0.2, -0.15) is 4.39 Å². The molecule has 0 saturated carbocycles. The number of ether oxygens (including phenoxy) is 1. The average molecular weight is 240 g/mol. The summed E-state index contributed by atoms with van der Waals surface area (Å²) in [7, 11) is 0. The highest BCUT2D eigenvalue weighted by Crippen LogP contribution is 2.03. The Labute approximate surface area is 98.0 Å². The van der Waals surface area contributed by atoms with Crippen LogP contribution in [0.25, 0.3) is 0 Å². The van der Waals surface area contributed by atoms with Crippen molar-refractivity contribution in [2.75, 3.05) is 6.61 Å². The number of nitrogens with one attached hydrogen (secondary N) is 1. The van der Waals surface area contributed by atoms with Gasteiger partial charge >= 0.3 is 5.97 Å². The van der Waals surface area contributed by atoms with Crippen LogP contribution >= 0.6 is 0 Å². The summed E-state index contributed by atoms with van der Waals surface area (Å²) in [6.45, 7) is 3.34. The molecule has 1 unspecified atom stereocenters. The largest absolute Gasteiger partial charge is 0.464 e. The molecule has 0 fully saturated rings. The van der Waals surface area contributed by atoms with Crippen LogP contribution in [0.1, 0.15) is 24.2 Å². The summed E-state index contributed by atoms with van der Waals surface area (Å²) in [5.41, 5.74) is -0.205. The van der Waals surface area contributed by atoms with Gasteiger partial charge in [0.2, 0.25) is 5.95 Å². The molecule has 1 rings (SSSR count). The highest BCUT2D eigenvalue weighted by atomic mass is 19.1. The fourth-order valence-corrected chi connectivity index (χ4v) is 1.16. The Morgan fingerprint density at radius 1 is 1.59 bits per heavy atom. The number of esters is 1. The number of amides is 1. The lowest BCUT2D eigenvalue weighted by Gasteiger charge is -2.12. The highest BCUT2D eigenvalue weighted by molar-refractivity contribution is 5.96. The molecular formula is C11H13FN2O3. The fourth-order valence-electron chi connectivity index (χ4n) is 1.16. The first kappa shape index (κ1) is 13.1. The first-order valence-corrected chi connectivity index (χ1v) is 5.14. The number of hydrogen-bond acceptors (Lipinski definition) is 4. The number of nitrogens with zero attached hydrogens (tertiary/aromatic N) is 1. The molecule has 0 spiro atoms. The molecule has 1 aromatic heterocycles. The van der Waals surface area contributed by atoms with Gasteiger partial charge in [-0.15, -0.1) is 0 Å². The minimum atomic E-state index is -0.874. The molecule has 0 bridgehead atoms. The van der Waals surface area contributed by atoms with Crippen molar-refractivity contribution >= 4 is 11.9 Å². The van der Waals surface area contributed by atoms with Crippen LogP contribution in [0.15, 0.2) is 18.3 Å². The van der Waals surface area contributed by atoms with E-state index in [1.165, 1.54) is 25.3 Å². The van der Waals surface area contributed by atoms with E-state index in [0.717, 1.165) is 0 Å². The van der Waals surface area contributed by atoms with Gasteiger partial charge in [0.25, 0.3) is 5.91 Å². The van der Waals surface area contributed by atoms with Crippen LogP contribution in [0, 0.1) is 5.95 Å². The first-order valence-electron chi connectivity index (χ1n) is 5.14. The molecule has 0 aromatic carbocycles. The number of halogens is 1. The summed E-state index contributed by atoms with van der Waals surface area (Å²) in [6, 6.07) is 1.89. The second-order valence-corrected chi connectivity index (χ2v) is 3.29. The Balaban J connectivity index is 2.67. The van der Waals surface area contributed by atoms with Gasteiger partial charge < -0.3 is 10.1 Å². The minimum absolute atomic E-state index is 0.205. The zero-order valence-electron chi connectivity index (χ0n) is 9.57. The Bertz CT molecular complexity index is 423. The molecule has 0 saturated heterocycles. The van der Waals surface area contributed by atoms with E-state index < -0.39 is 23.9 Å². The molecular weight excluding hydrogens is 227 g/mol. The van der Waals surface area contributed by atoms with Gasteiger partial charge in [0.05, 0.1) is 12.2 Å². The molecule has 1 atom stereocenters. The number of carbonyl (C=O) groups excluding carboxylic acids is 2. The van der Waals surface area contributed by atoms with E-state index in [-0.39, 0.29) is 12.2 Å². The zero-order valence-corrected chi connectivity index (χ0v) is 9.57. The summed E-state index contributed by atoms with van der Waals surface area (Å²) in [5, 5.41) is 2.33. The van der Waals surface area contributed by atoms with Crippen molar-refractivity contribution in [2.24, 2.45) is 0 Å². The van der Waals surface area contributed by atoms with Crippen LogP contribution in [0.2, 0.25) is 0 Å². The number of rotatable bonds is 4. The van der Waals surface area contributed by atoms with Gasteiger partial charge in [0.1, 0.15) is 6.04 Å². The summed E-state index contributed by atoms with van der Waals surface area (Å²) in [6.07, 6.45) is 1.24. The van der Waals surface area contributed by atoms with Crippen molar-refractivity contribution in [1.82, 2.24) is 10.3 Å². The van der Waals surface area contributed by atoms with Crippen LogP contribution in [0.3, 0.4) is 0 Å². The van der Waals surface area contributed by atoms with Crippen molar-refractivity contribution in [3.63, 3.8) is 0 Å². The molecule has 1 N–H and O–H groups in total. The summed E-state index contributed by atoms with van der Waals surface area (Å²) in [5.74, 6) is -2.14. The topological polar surface area (TPSA) is 68.3 Å². The van der Waals surface area contributed by atoms with Crippen molar-refractivity contribution in [1.29, 1.82) is 0 Å². The molecule has 1 aromatic rings. The third-order valence-electron chi connectivity index (χ3n) is 1.99. The standard InChI is InChI=1S/C11H13FN2O3/c1-3-17-11(16)7(2)14-10(15)8-5-4-6-13-9(8)12/h4-7H,3H2,1-2H3,(H,14,15). The first-order chi connectivity index (χ1) is 8.06. The summed E-state index contributed by atoms with van der Waals surface area (Å²) >= 11 is 0. The van der Waals surface area contributed by atoms with Crippen molar-refractivity contribution in [3.05, 3.63) is 29.8 Å². The molecule has 92 valence electrons. The van der Waals surface area contributed by atoms with Crippen molar-refractivity contribution in [2.45, 2.75) is 19.9 Å². The van der Waals surface area contributed by atoms with E-state index in [9.17, 15) is 14.0 Å². The molecule has 0 aliphatic heterocycles. The van der Waals surface area contributed by atoms with E-state index in [1.54, 1.807) is 6.92 Å². The smallest absolute Gasteiger partial charge is 0.328 e. The SMILES string of the molecule is CCOC(=O)C(C)NC(=O)c1cccnc1F. The van der Waals surface area contributed by atoms with E-state index in [4.69, 9.17) is 4.74 Å². The Hall–Kier alpha value is -1.98. The third kappa shape index (κ3) is 3.51. The maximum atomic E-state index is 13.2. The number of carbonyl (C=O) groups is 2. The fraction of sp³-hybridized carbons (Fsp3) is 0.364. The Kier molecular flexibility index (Phi) is 4.56. The van der Waals surface area contributed by atoms with Gasteiger partial charge in [-0.25, -0.2) is 9.78 Å². The van der Waals surface area contributed by atoms with Crippen LogP contribution in [-0.4, -0.2) is 29.5 Å². The van der Waals surface area contributed by atoms with Gasteiger partial charge in [-0.3, -0.25) is 4.79 Å². The van der Waals surface area contributed by atoms with E-state index in [0.29, 0.717) is 0 Å². The number of pyridine rings is 1. The molecule has 1 amide bonds. The normalized spacial score (nSPS) is 11.7.